The normalized spacial score (nSPS) is 16.5. The highest BCUT2D eigenvalue weighted by molar-refractivity contribution is 7.99. The molecule has 6 nitrogen and oxygen atoms in total. The molecule has 23 heavy (non-hydrogen) atoms. The second kappa shape index (κ2) is 7.19. The van der Waals surface area contributed by atoms with E-state index in [4.69, 9.17) is 0 Å². The fourth-order valence-corrected chi connectivity index (χ4v) is 4.38. The number of aromatic nitrogens is 1. The third-order valence-corrected chi connectivity index (χ3v) is 6.10. The number of hydrogen-bond acceptors (Lipinski definition) is 5. The predicted octanol–water partition coefficient (Wildman–Crippen LogP) is 1.87. The molecule has 0 bridgehead atoms. The van der Waals surface area contributed by atoms with Gasteiger partial charge in [-0.1, -0.05) is 11.8 Å². The second-order valence-electron chi connectivity index (χ2n) is 6.53. The topological polar surface area (TPSA) is 79.4 Å². The number of thioether (sulfide) groups is 1. The first-order valence-corrected chi connectivity index (χ1v) is 10.0. The Balaban J connectivity index is 1.96. The van der Waals surface area contributed by atoms with Gasteiger partial charge >= 0.3 is 0 Å². The molecule has 1 aliphatic heterocycles. The van der Waals surface area contributed by atoms with E-state index < -0.39 is 10.0 Å². The van der Waals surface area contributed by atoms with E-state index in [0.717, 1.165) is 12.8 Å². The van der Waals surface area contributed by atoms with E-state index in [1.807, 2.05) is 20.8 Å². The summed E-state index contributed by atoms with van der Waals surface area (Å²) in [6.45, 7) is 6.92. The Kier molecular flexibility index (Phi) is 5.70. The van der Waals surface area contributed by atoms with Gasteiger partial charge in [0.25, 0.3) is 0 Å². The summed E-state index contributed by atoms with van der Waals surface area (Å²) in [5.41, 5.74) is -0.265. The molecule has 8 heteroatoms. The molecule has 0 unspecified atom stereocenters. The number of sulfonamides is 1. The summed E-state index contributed by atoms with van der Waals surface area (Å²) in [5, 5.41) is 3.51. The lowest BCUT2D eigenvalue weighted by molar-refractivity contribution is -0.119. The maximum absolute atomic E-state index is 12.4. The van der Waals surface area contributed by atoms with Gasteiger partial charge in [0.1, 0.15) is 4.90 Å². The van der Waals surface area contributed by atoms with Crippen LogP contribution in [0.25, 0.3) is 0 Å². The molecule has 0 atom stereocenters. The van der Waals surface area contributed by atoms with Crippen LogP contribution in [0.1, 0.15) is 33.6 Å². The Bertz CT molecular complexity index is 646. The van der Waals surface area contributed by atoms with Crippen molar-refractivity contribution in [3.63, 3.8) is 0 Å². The van der Waals surface area contributed by atoms with Crippen molar-refractivity contribution in [1.82, 2.24) is 14.6 Å². The Hall–Kier alpha value is -1.12. The number of nitrogens with zero attached hydrogens (tertiary/aromatic N) is 2. The van der Waals surface area contributed by atoms with Crippen LogP contribution in [0.15, 0.2) is 28.3 Å². The number of nitrogens with one attached hydrogen (secondary N) is 1. The van der Waals surface area contributed by atoms with Crippen molar-refractivity contribution >= 4 is 27.7 Å². The van der Waals surface area contributed by atoms with Crippen molar-refractivity contribution in [2.45, 2.75) is 49.1 Å². The fraction of sp³-hybridized carbons (Fsp3) is 0.600. The molecule has 1 fully saturated rings. The lowest BCUT2D eigenvalue weighted by atomic mass is 10.1. The fourth-order valence-electron chi connectivity index (χ4n) is 2.28. The van der Waals surface area contributed by atoms with Gasteiger partial charge in [-0.05, 0) is 45.7 Å². The number of hydrogen-bond donors (Lipinski definition) is 1. The quantitative estimate of drug-likeness (QED) is 0.814. The number of carbonyl (C=O) groups is 1. The van der Waals surface area contributed by atoms with Crippen molar-refractivity contribution in [1.29, 1.82) is 0 Å². The largest absolute Gasteiger partial charge is 0.351 e. The van der Waals surface area contributed by atoms with Crippen molar-refractivity contribution in [3.8, 4) is 0 Å². The van der Waals surface area contributed by atoms with Crippen LogP contribution in [0.3, 0.4) is 0 Å². The summed E-state index contributed by atoms with van der Waals surface area (Å²) in [5.74, 6) is 0.181. The third kappa shape index (κ3) is 5.19. The zero-order valence-electron chi connectivity index (χ0n) is 13.7. The molecule has 1 aromatic heterocycles. The van der Waals surface area contributed by atoms with Crippen molar-refractivity contribution in [2.75, 3.05) is 18.8 Å². The first kappa shape index (κ1) is 18.2. The predicted molar refractivity (Wildman–Crippen MR) is 90.8 cm³/mol. The lowest BCUT2D eigenvalue weighted by Gasteiger charge is -2.20. The number of carbonyl (C=O) groups excluding carboxylic acids is 1. The maximum atomic E-state index is 12.4. The molecule has 1 saturated heterocycles. The molecule has 0 spiro atoms. The van der Waals surface area contributed by atoms with Gasteiger partial charge in [-0.25, -0.2) is 13.4 Å². The smallest absolute Gasteiger partial charge is 0.244 e. The van der Waals surface area contributed by atoms with Gasteiger partial charge in [0.15, 0.2) is 0 Å². The van der Waals surface area contributed by atoms with E-state index >= 15 is 0 Å². The SMILES string of the molecule is CC(C)(C)NC(=O)CSc1ccc(S(=O)(=O)N2CCCC2)cn1. The molecule has 2 rings (SSSR count). The van der Waals surface area contributed by atoms with Crippen LogP contribution in [0.2, 0.25) is 0 Å². The second-order valence-corrected chi connectivity index (χ2v) is 9.46. The Labute approximate surface area is 142 Å². The van der Waals surface area contributed by atoms with E-state index in [1.165, 1.54) is 22.3 Å². The van der Waals surface area contributed by atoms with Crippen LogP contribution in [-0.4, -0.2) is 48.0 Å². The monoisotopic (exact) mass is 357 g/mol. The highest BCUT2D eigenvalue weighted by Crippen LogP contribution is 2.22. The minimum atomic E-state index is -3.43. The van der Waals surface area contributed by atoms with Gasteiger partial charge in [0.2, 0.25) is 15.9 Å². The highest BCUT2D eigenvalue weighted by Gasteiger charge is 2.27. The van der Waals surface area contributed by atoms with Crippen LogP contribution in [-0.2, 0) is 14.8 Å². The highest BCUT2D eigenvalue weighted by atomic mass is 32.2. The Morgan fingerprint density at radius 3 is 2.48 bits per heavy atom. The zero-order chi connectivity index (χ0) is 17.1. The van der Waals surface area contributed by atoms with Crippen LogP contribution in [0.5, 0.6) is 0 Å². The Morgan fingerprint density at radius 2 is 1.96 bits per heavy atom. The molecule has 0 radical (unpaired) electrons. The maximum Gasteiger partial charge on any atom is 0.244 e. The van der Waals surface area contributed by atoms with Crippen molar-refractivity contribution in [3.05, 3.63) is 18.3 Å². The van der Waals surface area contributed by atoms with Gasteiger partial charge < -0.3 is 5.32 Å². The summed E-state index contributed by atoms with van der Waals surface area (Å²) < 4.78 is 26.3. The van der Waals surface area contributed by atoms with Gasteiger partial charge in [-0.15, -0.1) is 0 Å². The minimum absolute atomic E-state index is 0.0712. The summed E-state index contributed by atoms with van der Waals surface area (Å²) in [6.07, 6.45) is 3.19. The number of rotatable bonds is 5. The molecule has 1 N–H and O–H groups in total. The van der Waals surface area contributed by atoms with Crippen molar-refractivity contribution in [2.24, 2.45) is 0 Å². The van der Waals surface area contributed by atoms with Gasteiger partial charge in [0.05, 0.1) is 10.8 Å². The van der Waals surface area contributed by atoms with E-state index in [1.54, 1.807) is 12.1 Å². The number of pyridine rings is 1. The number of amides is 1. The molecule has 1 aromatic rings. The zero-order valence-corrected chi connectivity index (χ0v) is 15.3. The van der Waals surface area contributed by atoms with E-state index in [-0.39, 0.29) is 22.1 Å². The molecule has 128 valence electrons. The van der Waals surface area contributed by atoms with Crippen LogP contribution in [0, 0.1) is 0 Å². The van der Waals surface area contributed by atoms with E-state index in [0.29, 0.717) is 18.1 Å². The van der Waals surface area contributed by atoms with E-state index in [9.17, 15) is 13.2 Å². The minimum Gasteiger partial charge on any atom is -0.351 e. The summed E-state index contributed by atoms with van der Waals surface area (Å²) in [7, 11) is -3.43. The molecule has 1 amide bonds. The summed E-state index contributed by atoms with van der Waals surface area (Å²) in [4.78, 5) is 16.1. The molecule has 0 saturated carbocycles. The summed E-state index contributed by atoms with van der Waals surface area (Å²) >= 11 is 1.29. The summed E-state index contributed by atoms with van der Waals surface area (Å²) in [6, 6.07) is 3.21. The van der Waals surface area contributed by atoms with Crippen molar-refractivity contribution < 1.29 is 13.2 Å². The first-order valence-electron chi connectivity index (χ1n) is 7.58. The van der Waals surface area contributed by atoms with Crippen LogP contribution < -0.4 is 5.32 Å². The molecule has 0 aromatic carbocycles. The molecule has 2 heterocycles. The van der Waals surface area contributed by atoms with E-state index in [2.05, 4.69) is 10.3 Å². The molecular weight excluding hydrogens is 334 g/mol. The molecule has 1 aliphatic rings. The Morgan fingerprint density at radius 1 is 1.30 bits per heavy atom. The standard InChI is InChI=1S/C15H23N3O3S2/c1-15(2,3)17-13(19)11-22-14-7-6-12(10-16-14)23(20,21)18-8-4-5-9-18/h6-7,10H,4-5,8-9,11H2,1-3H3,(H,17,19). The first-order chi connectivity index (χ1) is 10.7. The molecular formula is C15H23N3O3S2. The third-order valence-electron chi connectivity index (χ3n) is 3.28. The van der Waals surface area contributed by atoms with Gasteiger partial charge in [-0.2, -0.15) is 4.31 Å². The van der Waals surface area contributed by atoms with Gasteiger partial charge in [0, 0.05) is 24.8 Å². The average Bonchev–Trinajstić information content (AvgIpc) is 2.98. The molecule has 0 aliphatic carbocycles. The van der Waals surface area contributed by atoms with Crippen LogP contribution >= 0.6 is 11.8 Å². The average molecular weight is 358 g/mol. The van der Waals surface area contributed by atoms with Crippen LogP contribution in [0.4, 0.5) is 0 Å². The van der Waals surface area contributed by atoms with Gasteiger partial charge in [-0.3, -0.25) is 4.79 Å². The lowest BCUT2D eigenvalue weighted by Crippen LogP contribution is -2.41.